The van der Waals surface area contributed by atoms with Crippen LogP contribution >= 0.6 is 24.8 Å². The number of nitrogens with one attached hydrogen (secondary N) is 2. The topological polar surface area (TPSA) is 49.2 Å². The average molecular weight is 348 g/mol. The Labute approximate surface area is 145 Å². The van der Waals surface area contributed by atoms with Gasteiger partial charge in [0, 0.05) is 49.8 Å². The van der Waals surface area contributed by atoms with Gasteiger partial charge in [-0.25, -0.2) is 0 Å². The highest BCUT2D eigenvalue weighted by Gasteiger charge is 2.06. The number of hydrogen-bond acceptors (Lipinski definition) is 3. The highest BCUT2D eigenvalue weighted by Crippen LogP contribution is 2.21. The number of aliphatic hydroxyl groups excluding tert-OH is 1. The van der Waals surface area contributed by atoms with E-state index in [1.165, 1.54) is 16.5 Å². The van der Waals surface area contributed by atoms with Crippen molar-refractivity contribution in [1.82, 2.24) is 15.2 Å². The van der Waals surface area contributed by atoms with Crippen molar-refractivity contribution >= 4 is 35.7 Å². The molecule has 6 heteroatoms. The molecule has 1 aromatic carbocycles. The van der Waals surface area contributed by atoms with Crippen LogP contribution in [0.5, 0.6) is 0 Å². The average Bonchev–Trinajstić information content (AvgIpc) is 2.82. The van der Waals surface area contributed by atoms with E-state index < -0.39 is 0 Å². The number of halogens is 2. The molecular weight excluding hydrogens is 321 g/mol. The van der Waals surface area contributed by atoms with Crippen molar-refractivity contribution in [3.05, 3.63) is 36.0 Å². The van der Waals surface area contributed by atoms with E-state index in [0.29, 0.717) is 6.54 Å². The maximum Gasteiger partial charge on any atom is 0.0555 e. The Kier molecular flexibility index (Phi) is 11.3. The minimum atomic E-state index is 0. The summed E-state index contributed by atoms with van der Waals surface area (Å²) in [6.07, 6.45) is 3.42. The fourth-order valence-electron chi connectivity index (χ4n) is 2.49. The second-order valence-electron chi connectivity index (χ2n) is 5.02. The molecule has 1 aromatic heterocycles. The van der Waals surface area contributed by atoms with Crippen LogP contribution in [0.15, 0.2) is 30.5 Å². The highest BCUT2D eigenvalue weighted by molar-refractivity contribution is 5.85. The molecule has 4 nitrogen and oxygen atoms in total. The second kappa shape index (κ2) is 11.7. The van der Waals surface area contributed by atoms with Crippen molar-refractivity contribution in [3.63, 3.8) is 0 Å². The van der Waals surface area contributed by atoms with Crippen LogP contribution in [-0.2, 0) is 13.1 Å². The lowest BCUT2D eigenvalue weighted by molar-refractivity contribution is 0.292. The number of hydrogen-bond donors (Lipinski definition) is 3. The van der Waals surface area contributed by atoms with E-state index >= 15 is 0 Å². The molecule has 0 aliphatic heterocycles. The normalized spacial score (nSPS) is 10.3. The number of rotatable bonds is 9. The molecule has 3 N–H and O–H groups in total. The number of aryl methyl sites for hydroxylation is 1. The Morgan fingerprint density at radius 3 is 2.50 bits per heavy atom. The predicted octanol–water partition coefficient (Wildman–Crippen LogP) is 2.57. The predicted molar refractivity (Wildman–Crippen MR) is 98.4 cm³/mol. The van der Waals surface area contributed by atoms with E-state index in [0.717, 1.165) is 32.6 Å². The maximum absolute atomic E-state index is 8.69. The fourth-order valence-corrected chi connectivity index (χ4v) is 2.49. The van der Waals surface area contributed by atoms with Crippen LogP contribution in [0.3, 0.4) is 0 Å². The monoisotopic (exact) mass is 347 g/mol. The summed E-state index contributed by atoms with van der Waals surface area (Å²) in [5, 5.41) is 16.6. The minimum Gasteiger partial charge on any atom is -0.395 e. The summed E-state index contributed by atoms with van der Waals surface area (Å²) in [6, 6.07) is 8.59. The zero-order valence-electron chi connectivity index (χ0n) is 13.0. The summed E-state index contributed by atoms with van der Waals surface area (Å²) >= 11 is 0. The number of benzene rings is 1. The third-order valence-electron chi connectivity index (χ3n) is 3.42. The molecule has 2 aromatic rings. The molecule has 0 aliphatic carbocycles. The van der Waals surface area contributed by atoms with Crippen molar-refractivity contribution in [2.24, 2.45) is 0 Å². The van der Waals surface area contributed by atoms with Crippen molar-refractivity contribution in [2.45, 2.75) is 26.4 Å². The minimum absolute atomic E-state index is 0. The molecule has 0 radical (unpaired) electrons. The van der Waals surface area contributed by atoms with Gasteiger partial charge in [-0.1, -0.05) is 25.1 Å². The molecular formula is C16H27Cl2N3O. The summed E-state index contributed by atoms with van der Waals surface area (Å²) in [6.45, 7) is 6.82. The molecule has 0 spiro atoms. The quantitative estimate of drug-likeness (QED) is 0.611. The van der Waals surface area contributed by atoms with Crippen LogP contribution < -0.4 is 10.6 Å². The van der Waals surface area contributed by atoms with Gasteiger partial charge in [0.2, 0.25) is 0 Å². The lowest BCUT2D eigenvalue weighted by Crippen LogP contribution is -2.28. The van der Waals surface area contributed by atoms with Gasteiger partial charge in [0.05, 0.1) is 6.61 Å². The third kappa shape index (κ3) is 5.78. The van der Waals surface area contributed by atoms with E-state index in [2.05, 4.69) is 52.6 Å². The van der Waals surface area contributed by atoms with Gasteiger partial charge < -0.3 is 20.3 Å². The molecule has 126 valence electrons. The first kappa shape index (κ1) is 21.2. The molecule has 0 amide bonds. The third-order valence-corrected chi connectivity index (χ3v) is 3.42. The van der Waals surface area contributed by atoms with E-state index in [4.69, 9.17) is 5.11 Å². The van der Waals surface area contributed by atoms with Crippen molar-refractivity contribution in [1.29, 1.82) is 0 Å². The van der Waals surface area contributed by atoms with E-state index in [1.54, 1.807) is 0 Å². The molecule has 22 heavy (non-hydrogen) atoms. The number of fused-ring (bicyclic) bond motifs is 1. The van der Waals surface area contributed by atoms with Crippen LogP contribution in [0, 0.1) is 0 Å². The van der Waals surface area contributed by atoms with Gasteiger partial charge in [-0.15, -0.1) is 24.8 Å². The molecule has 0 fully saturated rings. The van der Waals surface area contributed by atoms with Gasteiger partial charge in [0.25, 0.3) is 0 Å². The highest BCUT2D eigenvalue weighted by atomic mass is 35.5. The van der Waals surface area contributed by atoms with Gasteiger partial charge in [-0.2, -0.15) is 0 Å². The molecule has 0 saturated carbocycles. The molecule has 2 rings (SSSR count). The standard InChI is InChI=1S/C16H25N3O.2ClH/c1-2-10-19-13-14(12-18-8-7-17-9-11-20)15-5-3-4-6-16(15)19;;/h3-6,13,17-18,20H,2,7-12H2,1H3;2*1H. The number of aromatic nitrogens is 1. The Hall–Kier alpha value is -0.780. The summed E-state index contributed by atoms with van der Waals surface area (Å²) in [5.74, 6) is 0. The summed E-state index contributed by atoms with van der Waals surface area (Å²) in [7, 11) is 0. The van der Waals surface area contributed by atoms with Crippen molar-refractivity contribution in [3.8, 4) is 0 Å². The smallest absolute Gasteiger partial charge is 0.0555 e. The molecule has 0 atom stereocenters. The van der Waals surface area contributed by atoms with Gasteiger partial charge in [-0.05, 0) is 18.1 Å². The first-order chi connectivity index (χ1) is 9.86. The zero-order valence-corrected chi connectivity index (χ0v) is 14.7. The summed E-state index contributed by atoms with van der Waals surface area (Å²) < 4.78 is 2.34. The van der Waals surface area contributed by atoms with Gasteiger partial charge in [0.1, 0.15) is 0 Å². The van der Waals surface area contributed by atoms with Crippen LogP contribution in [0.2, 0.25) is 0 Å². The van der Waals surface area contributed by atoms with Crippen molar-refractivity contribution < 1.29 is 5.11 Å². The van der Waals surface area contributed by atoms with Gasteiger partial charge >= 0.3 is 0 Å². The first-order valence-corrected chi connectivity index (χ1v) is 7.46. The Balaban J connectivity index is 0.00000220. The Bertz CT molecular complexity index is 531. The largest absolute Gasteiger partial charge is 0.395 e. The number of para-hydroxylation sites is 1. The van der Waals surface area contributed by atoms with Gasteiger partial charge in [0.15, 0.2) is 0 Å². The lowest BCUT2D eigenvalue weighted by atomic mass is 10.2. The van der Waals surface area contributed by atoms with Crippen LogP contribution in [0.4, 0.5) is 0 Å². The van der Waals surface area contributed by atoms with E-state index in [-0.39, 0.29) is 31.4 Å². The summed E-state index contributed by atoms with van der Waals surface area (Å²) in [5.41, 5.74) is 2.68. The van der Waals surface area contributed by atoms with Crippen molar-refractivity contribution in [2.75, 3.05) is 26.2 Å². The van der Waals surface area contributed by atoms with E-state index in [1.807, 2.05) is 0 Å². The van der Waals surface area contributed by atoms with Crippen LogP contribution in [0.1, 0.15) is 18.9 Å². The van der Waals surface area contributed by atoms with Crippen LogP contribution in [-0.4, -0.2) is 35.9 Å². The molecule has 0 aliphatic rings. The second-order valence-corrected chi connectivity index (χ2v) is 5.02. The van der Waals surface area contributed by atoms with Crippen LogP contribution in [0.25, 0.3) is 10.9 Å². The summed E-state index contributed by atoms with van der Waals surface area (Å²) in [4.78, 5) is 0. The lowest BCUT2D eigenvalue weighted by Gasteiger charge is -2.04. The SMILES string of the molecule is CCCn1cc(CNCCNCCO)c2ccccc21.Cl.Cl. The molecule has 0 bridgehead atoms. The fraction of sp³-hybridized carbons (Fsp3) is 0.500. The molecule has 0 unspecified atom stereocenters. The molecule has 0 saturated heterocycles. The first-order valence-electron chi connectivity index (χ1n) is 7.46. The maximum atomic E-state index is 8.69. The Morgan fingerprint density at radius 1 is 1.05 bits per heavy atom. The zero-order chi connectivity index (χ0) is 14.2. The van der Waals surface area contributed by atoms with Gasteiger partial charge in [-0.3, -0.25) is 0 Å². The number of aliphatic hydroxyl groups is 1. The Morgan fingerprint density at radius 2 is 1.77 bits per heavy atom. The van der Waals surface area contributed by atoms with E-state index in [9.17, 15) is 0 Å². The number of nitrogens with zero attached hydrogens (tertiary/aromatic N) is 1. The molecule has 1 heterocycles.